The molecule has 7 nitrogen and oxygen atoms in total. The van der Waals surface area contributed by atoms with Crippen LogP contribution < -0.4 is 11.1 Å². The van der Waals surface area contributed by atoms with Crippen LogP contribution in [-0.4, -0.2) is 27.8 Å². The van der Waals surface area contributed by atoms with Crippen molar-refractivity contribution >= 4 is 22.8 Å². The third-order valence-corrected chi connectivity index (χ3v) is 7.94. The third kappa shape index (κ3) is 3.16. The zero-order chi connectivity index (χ0) is 21.8. The Hall–Kier alpha value is -3.01. The minimum atomic E-state index is -0.608. The van der Waals surface area contributed by atoms with Crippen molar-refractivity contribution in [3.8, 4) is 6.19 Å². The summed E-state index contributed by atoms with van der Waals surface area (Å²) in [7, 11) is 0. The molecule has 2 atom stereocenters. The van der Waals surface area contributed by atoms with Gasteiger partial charge in [-0.15, -0.1) is 0 Å². The van der Waals surface area contributed by atoms with Crippen molar-refractivity contribution in [2.24, 2.45) is 33.9 Å². The highest BCUT2D eigenvalue weighted by molar-refractivity contribution is 5.93. The Bertz CT molecular complexity index is 1100. The standard InChI is InChI=1S/C24H28N6O/c1-23(2,19-12-27-17-5-3-4-6-18(17)29-19)22(28-13-25)30-20-15-7-14-8-16(20)11-24(9-14,10-15)21(26)31/h3-6,12,14-16,20H,7-11H2,1-2H3,(H2,26,31)(H,28,30). The van der Waals surface area contributed by atoms with Crippen molar-refractivity contribution in [2.45, 2.75) is 57.4 Å². The van der Waals surface area contributed by atoms with Gasteiger partial charge in [-0.1, -0.05) is 12.1 Å². The van der Waals surface area contributed by atoms with Gasteiger partial charge < -0.3 is 11.1 Å². The minimum absolute atomic E-state index is 0.136. The molecule has 1 aromatic carbocycles. The number of fused-ring (bicyclic) bond motifs is 1. The molecular formula is C24H28N6O. The topological polar surface area (TPSA) is 117 Å². The van der Waals surface area contributed by atoms with E-state index in [4.69, 9.17) is 10.7 Å². The summed E-state index contributed by atoms with van der Waals surface area (Å²) in [6.45, 7) is 4.05. The average Bonchev–Trinajstić information content (AvgIpc) is 2.74. The number of nitrogens with one attached hydrogen (secondary N) is 1. The fourth-order valence-corrected chi connectivity index (χ4v) is 6.50. The molecule has 6 rings (SSSR count). The lowest BCUT2D eigenvalue weighted by molar-refractivity contribution is -0.145. The molecule has 1 amide bonds. The predicted molar refractivity (Wildman–Crippen MR) is 118 cm³/mol. The van der Waals surface area contributed by atoms with Gasteiger partial charge >= 0.3 is 0 Å². The Morgan fingerprint density at radius 3 is 2.55 bits per heavy atom. The van der Waals surface area contributed by atoms with E-state index in [2.05, 4.69) is 15.3 Å². The normalized spacial score (nSPS) is 32.1. The first-order valence-electron chi connectivity index (χ1n) is 11.1. The lowest BCUT2D eigenvalue weighted by Gasteiger charge is -2.59. The summed E-state index contributed by atoms with van der Waals surface area (Å²) < 4.78 is 0. The van der Waals surface area contributed by atoms with E-state index in [-0.39, 0.29) is 17.4 Å². The number of nitrogens with two attached hydrogens (primary N) is 1. The summed E-state index contributed by atoms with van der Waals surface area (Å²) >= 11 is 0. The van der Waals surface area contributed by atoms with Crippen molar-refractivity contribution in [1.29, 1.82) is 5.26 Å². The summed E-state index contributed by atoms with van der Waals surface area (Å²) in [6, 6.07) is 7.96. The number of amides is 1. The smallest absolute Gasteiger partial charge is 0.223 e. The SMILES string of the molecule is CC(C)(/C(=N\C#N)NC1C2CC3CC1CC(C(N)=O)(C3)C2)c1cnc2ccccc2n1. The van der Waals surface area contributed by atoms with E-state index in [1.54, 1.807) is 6.20 Å². The van der Waals surface area contributed by atoms with Crippen LogP contribution in [0.25, 0.3) is 11.0 Å². The van der Waals surface area contributed by atoms with E-state index in [1.807, 2.05) is 44.3 Å². The highest BCUT2D eigenvalue weighted by Gasteiger charge is 2.58. The van der Waals surface area contributed by atoms with Gasteiger partial charge in [-0.2, -0.15) is 10.3 Å². The fourth-order valence-electron chi connectivity index (χ4n) is 6.50. The first kappa shape index (κ1) is 19.9. The number of aliphatic imine (C=N–C) groups is 1. The number of benzene rings is 1. The number of carbonyl (C=O) groups is 1. The molecule has 0 aliphatic heterocycles. The highest BCUT2D eigenvalue weighted by atomic mass is 16.1. The molecule has 4 bridgehead atoms. The molecule has 0 spiro atoms. The number of hydrogen-bond donors (Lipinski definition) is 2. The first-order chi connectivity index (χ1) is 14.8. The number of carbonyl (C=O) groups excluding carboxylic acids is 1. The van der Waals surface area contributed by atoms with Crippen LogP contribution in [0.2, 0.25) is 0 Å². The van der Waals surface area contributed by atoms with Crippen LogP contribution in [-0.2, 0) is 10.2 Å². The van der Waals surface area contributed by atoms with Gasteiger partial charge in [0.1, 0.15) is 5.84 Å². The number of primary amides is 1. The molecule has 0 saturated heterocycles. The first-order valence-corrected chi connectivity index (χ1v) is 11.1. The second-order valence-corrected chi connectivity index (χ2v) is 10.2. The predicted octanol–water partition coefficient (Wildman–Crippen LogP) is 3.06. The van der Waals surface area contributed by atoms with Gasteiger partial charge in [-0.05, 0) is 75.8 Å². The second kappa shape index (κ2) is 7.01. The largest absolute Gasteiger partial charge is 0.369 e. The van der Waals surface area contributed by atoms with E-state index in [9.17, 15) is 10.1 Å². The molecule has 4 fully saturated rings. The van der Waals surface area contributed by atoms with E-state index >= 15 is 0 Å². The Balaban J connectivity index is 1.45. The van der Waals surface area contributed by atoms with Gasteiger partial charge in [0, 0.05) is 11.5 Å². The molecule has 0 radical (unpaired) electrons. The zero-order valence-corrected chi connectivity index (χ0v) is 18.0. The summed E-state index contributed by atoms with van der Waals surface area (Å²) in [6.07, 6.45) is 8.59. The molecule has 4 aliphatic rings. The molecule has 7 heteroatoms. The van der Waals surface area contributed by atoms with Gasteiger partial charge in [0.2, 0.25) is 12.1 Å². The quantitative estimate of drug-likeness (QED) is 0.451. The lowest BCUT2D eigenvalue weighted by Crippen LogP contribution is -2.63. The van der Waals surface area contributed by atoms with Gasteiger partial charge in [-0.25, -0.2) is 4.98 Å². The highest BCUT2D eigenvalue weighted by Crippen LogP contribution is 2.60. The van der Waals surface area contributed by atoms with Crippen LogP contribution in [0.15, 0.2) is 35.5 Å². The second-order valence-electron chi connectivity index (χ2n) is 10.2. The fraction of sp³-hybridized carbons (Fsp3) is 0.542. The zero-order valence-electron chi connectivity index (χ0n) is 18.0. The van der Waals surface area contributed by atoms with Crippen molar-refractivity contribution in [1.82, 2.24) is 15.3 Å². The van der Waals surface area contributed by atoms with E-state index in [1.165, 1.54) is 0 Å². The molecule has 4 saturated carbocycles. The molecular weight excluding hydrogens is 388 g/mol. The molecule has 2 unspecified atom stereocenters. The molecule has 3 N–H and O–H groups in total. The maximum Gasteiger partial charge on any atom is 0.223 e. The molecule has 160 valence electrons. The average molecular weight is 417 g/mol. The molecule has 31 heavy (non-hydrogen) atoms. The van der Waals surface area contributed by atoms with Crippen molar-refractivity contribution in [3.63, 3.8) is 0 Å². The lowest BCUT2D eigenvalue weighted by atomic mass is 9.47. The minimum Gasteiger partial charge on any atom is -0.369 e. The van der Waals surface area contributed by atoms with Crippen LogP contribution >= 0.6 is 0 Å². The van der Waals surface area contributed by atoms with Gasteiger partial charge in [0.15, 0.2) is 0 Å². The number of hydrogen-bond acceptors (Lipinski definition) is 5. The van der Waals surface area contributed by atoms with Crippen LogP contribution in [0.3, 0.4) is 0 Å². The maximum atomic E-state index is 12.3. The Morgan fingerprint density at radius 1 is 1.23 bits per heavy atom. The Kier molecular flexibility index (Phi) is 4.51. The van der Waals surface area contributed by atoms with Crippen LogP contribution in [0.5, 0.6) is 0 Å². The van der Waals surface area contributed by atoms with Gasteiger partial charge in [-0.3, -0.25) is 9.78 Å². The van der Waals surface area contributed by atoms with Crippen molar-refractivity contribution < 1.29 is 4.79 Å². The number of aromatic nitrogens is 2. The molecule has 1 heterocycles. The number of para-hydroxylation sites is 2. The monoisotopic (exact) mass is 416 g/mol. The van der Waals surface area contributed by atoms with Crippen LogP contribution in [0, 0.1) is 34.6 Å². The Labute approximate surface area is 182 Å². The van der Waals surface area contributed by atoms with Gasteiger partial charge in [0.25, 0.3) is 0 Å². The van der Waals surface area contributed by atoms with E-state index < -0.39 is 5.41 Å². The maximum absolute atomic E-state index is 12.3. The molecule has 2 aromatic rings. The van der Waals surface area contributed by atoms with Gasteiger partial charge in [0.05, 0.1) is 28.3 Å². The number of rotatable bonds is 4. The molecule has 1 aromatic heterocycles. The Morgan fingerprint density at radius 2 is 1.90 bits per heavy atom. The summed E-state index contributed by atoms with van der Waals surface area (Å²) in [4.78, 5) is 25.8. The van der Waals surface area contributed by atoms with Crippen LogP contribution in [0.4, 0.5) is 0 Å². The summed E-state index contributed by atoms with van der Waals surface area (Å²) in [5, 5.41) is 13.1. The van der Waals surface area contributed by atoms with Crippen LogP contribution in [0.1, 0.15) is 51.6 Å². The number of nitrogens with zero attached hydrogens (tertiary/aromatic N) is 4. The number of amidine groups is 1. The molecule has 4 aliphatic carbocycles. The van der Waals surface area contributed by atoms with Crippen molar-refractivity contribution in [3.05, 3.63) is 36.2 Å². The number of nitriles is 1. The van der Waals surface area contributed by atoms with Crippen molar-refractivity contribution in [2.75, 3.05) is 0 Å². The van der Waals surface area contributed by atoms with E-state index in [0.717, 1.165) is 48.8 Å². The van der Waals surface area contributed by atoms with E-state index in [0.29, 0.717) is 23.6 Å². The summed E-state index contributed by atoms with van der Waals surface area (Å²) in [5.74, 6) is 1.81. The third-order valence-electron chi connectivity index (χ3n) is 7.94. The summed E-state index contributed by atoms with van der Waals surface area (Å²) in [5.41, 5.74) is 7.32.